The van der Waals surface area contributed by atoms with E-state index in [1.165, 1.54) is 12.8 Å². The first-order valence-corrected chi connectivity index (χ1v) is 5.59. The predicted octanol–water partition coefficient (Wildman–Crippen LogP) is 2.10. The van der Waals surface area contributed by atoms with E-state index in [0.717, 1.165) is 13.1 Å². The number of rotatable bonds is 7. The van der Waals surface area contributed by atoms with Gasteiger partial charge in [-0.1, -0.05) is 20.8 Å². The van der Waals surface area contributed by atoms with E-state index in [1.807, 2.05) is 0 Å². The van der Waals surface area contributed by atoms with E-state index in [9.17, 15) is 0 Å². The van der Waals surface area contributed by atoms with Crippen LogP contribution in [0.4, 0.5) is 0 Å². The highest BCUT2D eigenvalue weighted by atomic mass is 15.1. The van der Waals surface area contributed by atoms with Crippen LogP contribution >= 0.6 is 0 Å². The fourth-order valence-electron chi connectivity index (χ4n) is 1.38. The molecule has 0 amide bonds. The first-order chi connectivity index (χ1) is 6.15. The number of hydrogen-bond acceptors (Lipinski definition) is 2. The minimum atomic E-state index is 0.644. The van der Waals surface area contributed by atoms with Gasteiger partial charge < -0.3 is 10.2 Å². The predicted molar refractivity (Wildman–Crippen MR) is 60.1 cm³/mol. The van der Waals surface area contributed by atoms with E-state index in [0.29, 0.717) is 12.1 Å². The van der Waals surface area contributed by atoms with E-state index >= 15 is 0 Å². The largest absolute Gasteiger partial charge is 0.312 e. The molecule has 0 aliphatic carbocycles. The van der Waals surface area contributed by atoms with Crippen molar-refractivity contribution < 1.29 is 0 Å². The average Bonchev–Trinajstić information content (AvgIpc) is 2.17. The van der Waals surface area contributed by atoms with E-state index < -0.39 is 0 Å². The Morgan fingerprint density at radius 2 is 1.69 bits per heavy atom. The van der Waals surface area contributed by atoms with Crippen LogP contribution in [0.15, 0.2) is 0 Å². The van der Waals surface area contributed by atoms with Crippen molar-refractivity contribution in [1.82, 2.24) is 10.2 Å². The van der Waals surface area contributed by atoms with E-state index in [-0.39, 0.29) is 0 Å². The maximum absolute atomic E-state index is 3.59. The van der Waals surface area contributed by atoms with Gasteiger partial charge in [-0.15, -0.1) is 0 Å². The zero-order valence-electron chi connectivity index (χ0n) is 9.93. The molecule has 2 heteroatoms. The molecule has 80 valence electrons. The molecule has 0 bridgehead atoms. The van der Waals surface area contributed by atoms with E-state index in [2.05, 4.69) is 45.0 Å². The third kappa shape index (κ3) is 5.27. The summed E-state index contributed by atoms with van der Waals surface area (Å²) in [5.74, 6) is 0. The zero-order chi connectivity index (χ0) is 10.3. The molecule has 0 fully saturated rings. The third-order valence-corrected chi connectivity index (χ3v) is 2.94. The fourth-order valence-corrected chi connectivity index (χ4v) is 1.38. The van der Waals surface area contributed by atoms with Gasteiger partial charge in [0, 0.05) is 18.6 Å². The van der Waals surface area contributed by atoms with E-state index in [1.54, 1.807) is 0 Å². The Morgan fingerprint density at radius 1 is 1.15 bits per heavy atom. The summed E-state index contributed by atoms with van der Waals surface area (Å²) in [6.45, 7) is 11.2. The molecular weight excluding hydrogens is 160 g/mol. The van der Waals surface area contributed by atoms with Gasteiger partial charge in [-0.05, 0) is 33.4 Å². The second-order valence-electron chi connectivity index (χ2n) is 3.84. The quantitative estimate of drug-likeness (QED) is 0.655. The number of nitrogens with zero attached hydrogens (tertiary/aromatic N) is 1. The Balaban J connectivity index is 3.61. The van der Waals surface area contributed by atoms with Gasteiger partial charge in [-0.3, -0.25) is 0 Å². The van der Waals surface area contributed by atoms with Crippen LogP contribution in [0.1, 0.15) is 40.5 Å². The molecule has 0 aromatic rings. The van der Waals surface area contributed by atoms with Gasteiger partial charge in [0.15, 0.2) is 0 Å². The second-order valence-corrected chi connectivity index (χ2v) is 3.84. The van der Waals surface area contributed by atoms with Gasteiger partial charge in [0.2, 0.25) is 0 Å². The summed E-state index contributed by atoms with van der Waals surface area (Å²) in [4.78, 5) is 2.37. The lowest BCUT2D eigenvalue weighted by Gasteiger charge is -2.25. The lowest BCUT2D eigenvalue weighted by atomic mass is 10.1. The maximum Gasteiger partial charge on any atom is 0.0189 e. The zero-order valence-corrected chi connectivity index (χ0v) is 9.93. The van der Waals surface area contributed by atoms with Crippen LogP contribution in [0, 0.1) is 0 Å². The maximum atomic E-state index is 3.59. The van der Waals surface area contributed by atoms with Crippen molar-refractivity contribution in [3.63, 3.8) is 0 Å². The van der Waals surface area contributed by atoms with Gasteiger partial charge in [-0.2, -0.15) is 0 Å². The number of nitrogens with one attached hydrogen (secondary N) is 1. The molecule has 0 saturated heterocycles. The molecule has 0 spiro atoms. The fraction of sp³-hybridized carbons (Fsp3) is 1.00. The summed E-state index contributed by atoms with van der Waals surface area (Å²) < 4.78 is 0. The lowest BCUT2D eigenvalue weighted by Crippen LogP contribution is -2.41. The molecule has 0 rings (SSSR count). The molecule has 0 heterocycles. The van der Waals surface area contributed by atoms with Crippen molar-refractivity contribution in [1.29, 1.82) is 0 Å². The minimum absolute atomic E-state index is 0.644. The van der Waals surface area contributed by atoms with Crippen molar-refractivity contribution in [3.8, 4) is 0 Å². The summed E-state index contributed by atoms with van der Waals surface area (Å²) in [5, 5.41) is 3.59. The first kappa shape index (κ1) is 12.9. The smallest absolute Gasteiger partial charge is 0.0189 e. The Bertz CT molecular complexity index is 111. The third-order valence-electron chi connectivity index (χ3n) is 2.94. The standard InChI is InChI=1S/C11H26N2/c1-6-11(7-2)12-9-10(4)13(5)8-3/h10-12H,6-9H2,1-5H3. The molecule has 1 unspecified atom stereocenters. The molecule has 2 nitrogen and oxygen atoms in total. The average molecular weight is 186 g/mol. The molecule has 0 aromatic carbocycles. The summed E-state index contributed by atoms with van der Waals surface area (Å²) >= 11 is 0. The highest BCUT2D eigenvalue weighted by Crippen LogP contribution is 1.98. The minimum Gasteiger partial charge on any atom is -0.312 e. The Hall–Kier alpha value is -0.0800. The van der Waals surface area contributed by atoms with Crippen molar-refractivity contribution in [2.24, 2.45) is 0 Å². The highest BCUT2D eigenvalue weighted by Gasteiger charge is 2.08. The van der Waals surface area contributed by atoms with Crippen molar-refractivity contribution in [2.75, 3.05) is 20.1 Å². The Morgan fingerprint density at radius 3 is 2.08 bits per heavy atom. The SMILES string of the molecule is CCC(CC)NCC(C)N(C)CC. The van der Waals surface area contributed by atoms with Crippen LogP contribution in [-0.2, 0) is 0 Å². The summed E-state index contributed by atoms with van der Waals surface area (Å²) in [5.41, 5.74) is 0. The van der Waals surface area contributed by atoms with Crippen molar-refractivity contribution >= 4 is 0 Å². The molecule has 13 heavy (non-hydrogen) atoms. The van der Waals surface area contributed by atoms with Crippen LogP contribution in [0.5, 0.6) is 0 Å². The molecule has 0 radical (unpaired) electrons. The van der Waals surface area contributed by atoms with Gasteiger partial charge in [0.05, 0.1) is 0 Å². The molecule has 0 aliphatic heterocycles. The number of hydrogen-bond donors (Lipinski definition) is 1. The van der Waals surface area contributed by atoms with Crippen molar-refractivity contribution in [3.05, 3.63) is 0 Å². The van der Waals surface area contributed by atoms with Crippen molar-refractivity contribution in [2.45, 2.75) is 52.6 Å². The Labute approximate surface area is 83.7 Å². The highest BCUT2D eigenvalue weighted by molar-refractivity contribution is 4.69. The first-order valence-electron chi connectivity index (χ1n) is 5.59. The van der Waals surface area contributed by atoms with Gasteiger partial charge >= 0.3 is 0 Å². The monoisotopic (exact) mass is 186 g/mol. The normalized spacial score (nSPS) is 14.1. The molecule has 0 saturated carbocycles. The number of likely N-dealkylation sites (N-methyl/N-ethyl adjacent to an activating group) is 1. The molecule has 1 atom stereocenters. The molecular formula is C11H26N2. The topological polar surface area (TPSA) is 15.3 Å². The van der Waals surface area contributed by atoms with Crippen LogP contribution in [-0.4, -0.2) is 37.1 Å². The van der Waals surface area contributed by atoms with Crippen LogP contribution in [0.2, 0.25) is 0 Å². The summed E-state index contributed by atoms with van der Waals surface area (Å²) in [7, 11) is 2.18. The van der Waals surface area contributed by atoms with Crippen LogP contribution < -0.4 is 5.32 Å². The van der Waals surface area contributed by atoms with Gasteiger partial charge in [0.1, 0.15) is 0 Å². The summed E-state index contributed by atoms with van der Waals surface area (Å²) in [6, 6.07) is 1.35. The molecule has 0 aliphatic rings. The lowest BCUT2D eigenvalue weighted by molar-refractivity contribution is 0.254. The van der Waals surface area contributed by atoms with Gasteiger partial charge in [0.25, 0.3) is 0 Å². The molecule has 0 aromatic heterocycles. The molecule has 1 N–H and O–H groups in total. The summed E-state index contributed by atoms with van der Waals surface area (Å²) in [6.07, 6.45) is 2.47. The van der Waals surface area contributed by atoms with Crippen LogP contribution in [0.3, 0.4) is 0 Å². The van der Waals surface area contributed by atoms with Crippen LogP contribution in [0.25, 0.3) is 0 Å². The van der Waals surface area contributed by atoms with Gasteiger partial charge in [-0.25, -0.2) is 0 Å². The second kappa shape index (κ2) is 7.34. The Kier molecular flexibility index (Phi) is 7.29. The van der Waals surface area contributed by atoms with E-state index in [4.69, 9.17) is 0 Å².